The number of nitrogens with one attached hydrogen (secondary N) is 3. The van der Waals surface area contributed by atoms with Crippen LogP contribution in [0.1, 0.15) is 75.5 Å². The number of nitriles is 1. The molecule has 0 aromatic heterocycles. The van der Waals surface area contributed by atoms with Gasteiger partial charge in [0.2, 0.25) is 11.8 Å². The van der Waals surface area contributed by atoms with Crippen LogP contribution in [0.25, 0.3) is 11.1 Å². The number of amides is 2. The zero-order valence-corrected chi connectivity index (χ0v) is 22.7. The molecule has 6 nitrogen and oxygen atoms in total. The van der Waals surface area contributed by atoms with Crippen molar-refractivity contribution in [2.24, 2.45) is 5.92 Å². The number of halogens is 3. The van der Waals surface area contributed by atoms with Crippen molar-refractivity contribution in [3.05, 3.63) is 59.7 Å². The van der Waals surface area contributed by atoms with Gasteiger partial charge in [0.05, 0.1) is 18.2 Å². The lowest BCUT2D eigenvalue weighted by Gasteiger charge is -2.29. The van der Waals surface area contributed by atoms with Gasteiger partial charge in [-0.2, -0.15) is 5.26 Å². The molecule has 5 rings (SSSR count). The van der Waals surface area contributed by atoms with Crippen LogP contribution in [0, 0.1) is 17.2 Å². The molecule has 3 saturated carbocycles. The molecular formula is C31H35F3N4O2. The molecule has 0 unspecified atom stereocenters. The SMILES string of the molecule is CC(C)(F)C[C@H](N[C@@H](c1ccc(-c2ccc([C@@H]3C[C@H]3C(=O)NC3CC3)cc2)cc1)C(F)F)C(=O)NC1(C#N)CC1. The second kappa shape index (κ2) is 10.9. The fourth-order valence-electron chi connectivity index (χ4n) is 5.15. The van der Waals surface area contributed by atoms with Crippen LogP contribution < -0.4 is 16.0 Å². The number of benzene rings is 2. The molecule has 0 aliphatic heterocycles. The Morgan fingerprint density at radius 2 is 1.65 bits per heavy atom. The monoisotopic (exact) mass is 552 g/mol. The Morgan fingerprint density at radius 3 is 2.15 bits per heavy atom. The zero-order chi connectivity index (χ0) is 28.7. The van der Waals surface area contributed by atoms with Crippen molar-refractivity contribution in [1.29, 1.82) is 5.26 Å². The van der Waals surface area contributed by atoms with Crippen LogP contribution in [0.15, 0.2) is 48.5 Å². The number of nitrogens with zero attached hydrogens (tertiary/aromatic N) is 1. The van der Waals surface area contributed by atoms with Gasteiger partial charge in [0.1, 0.15) is 11.2 Å². The van der Waals surface area contributed by atoms with Gasteiger partial charge in [0.15, 0.2) is 0 Å². The molecule has 3 aliphatic rings. The second-order valence-electron chi connectivity index (χ2n) is 12.1. The van der Waals surface area contributed by atoms with Crippen LogP contribution in [-0.4, -0.2) is 41.5 Å². The first-order chi connectivity index (χ1) is 19.0. The maximum atomic E-state index is 14.5. The highest BCUT2D eigenvalue weighted by atomic mass is 19.3. The van der Waals surface area contributed by atoms with E-state index in [1.54, 1.807) is 24.3 Å². The van der Waals surface area contributed by atoms with Gasteiger partial charge in [-0.25, -0.2) is 13.2 Å². The van der Waals surface area contributed by atoms with Gasteiger partial charge in [-0.15, -0.1) is 0 Å². The number of carbonyl (C=O) groups is 2. The van der Waals surface area contributed by atoms with E-state index >= 15 is 0 Å². The van der Waals surface area contributed by atoms with Crippen molar-refractivity contribution in [2.45, 2.75) is 94.0 Å². The van der Waals surface area contributed by atoms with E-state index in [1.165, 1.54) is 13.8 Å². The average molecular weight is 553 g/mol. The number of hydrogen-bond donors (Lipinski definition) is 3. The predicted octanol–water partition coefficient (Wildman–Crippen LogP) is 5.31. The Morgan fingerprint density at radius 1 is 1.05 bits per heavy atom. The Hall–Kier alpha value is -3.38. The highest BCUT2D eigenvalue weighted by Gasteiger charge is 2.47. The van der Waals surface area contributed by atoms with E-state index in [0.29, 0.717) is 18.9 Å². The minimum Gasteiger partial charge on any atom is -0.353 e. The van der Waals surface area contributed by atoms with E-state index in [-0.39, 0.29) is 29.7 Å². The van der Waals surface area contributed by atoms with E-state index < -0.39 is 35.6 Å². The summed E-state index contributed by atoms with van der Waals surface area (Å²) in [7, 11) is 0. The van der Waals surface area contributed by atoms with Crippen molar-refractivity contribution >= 4 is 11.8 Å². The predicted molar refractivity (Wildman–Crippen MR) is 145 cm³/mol. The van der Waals surface area contributed by atoms with Crippen molar-refractivity contribution in [1.82, 2.24) is 16.0 Å². The van der Waals surface area contributed by atoms with Crippen molar-refractivity contribution < 1.29 is 22.8 Å². The van der Waals surface area contributed by atoms with E-state index in [9.17, 15) is 28.0 Å². The third-order valence-electron chi connectivity index (χ3n) is 7.96. The van der Waals surface area contributed by atoms with E-state index in [4.69, 9.17) is 0 Å². The summed E-state index contributed by atoms with van der Waals surface area (Å²) in [6.07, 6.45) is 0.788. The minimum atomic E-state index is -2.85. The Kier molecular flexibility index (Phi) is 7.66. The summed E-state index contributed by atoms with van der Waals surface area (Å²) in [5.74, 6) is -0.250. The first-order valence-corrected chi connectivity index (χ1v) is 13.9. The van der Waals surface area contributed by atoms with Gasteiger partial charge >= 0.3 is 0 Å². The van der Waals surface area contributed by atoms with Crippen molar-refractivity contribution in [2.75, 3.05) is 0 Å². The molecule has 2 amide bonds. The largest absolute Gasteiger partial charge is 0.353 e. The van der Waals surface area contributed by atoms with Crippen LogP contribution in [0.5, 0.6) is 0 Å². The van der Waals surface area contributed by atoms with E-state index in [0.717, 1.165) is 36.0 Å². The number of rotatable bonds is 12. The molecule has 2 aromatic carbocycles. The first kappa shape index (κ1) is 28.2. The maximum Gasteiger partial charge on any atom is 0.257 e. The number of carbonyl (C=O) groups excluding carboxylic acids is 2. The Bertz CT molecular complexity index is 1280. The number of hydrogen-bond acceptors (Lipinski definition) is 4. The van der Waals surface area contributed by atoms with Gasteiger partial charge in [-0.05, 0) is 74.1 Å². The lowest BCUT2D eigenvalue weighted by atomic mass is 9.96. The van der Waals surface area contributed by atoms with Crippen LogP contribution in [0.4, 0.5) is 13.2 Å². The van der Waals surface area contributed by atoms with Crippen LogP contribution in [0.2, 0.25) is 0 Å². The molecule has 3 aliphatic carbocycles. The fraction of sp³-hybridized carbons (Fsp3) is 0.516. The average Bonchev–Trinajstić information content (AvgIpc) is 3.78. The fourth-order valence-corrected chi connectivity index (χ4v) is 5.15. The van der Waals surface area contributed by atoms with Crippen molar-refractivity contribution in [3.63, 3.8) is 0 Å². The summed E-state index contributed by atoms with van der Waals surface area (Å²) >= 11 is 0. The molecule has 0 bridgehead atoms. The van der Waals surface area contributed by atoms with Gasteiger partial charge in [0, 0.05) is 18.4 Å². The third kappa shape index (κ3) is 6.84. The summed E-state index contributed by atoms with van der Waals surface area (Å²) in [6.45, 7) is 2.58. The van der Waals surface area contributed by atoms with Gasteiger partial charge < -0.3 is 10.6 Å². The summed E-state index contributed by atoms with van der Waals surface area (Å²) in [5, 5.41) is 17.6. The van der Waals surface area contributed by atoms with Crippen LogP contribution in [-0.2, 0) is 9.59 Å². The smallest absolute Gasteiger partial charge is 0.257 e. The zero-order valence-electron chi connectivity index (χ0n) is 22.7. The highest BCUT2D eigenvalue weighted by Crippen LogP contribution is 2.48. The van der Waals surface area contributed by atoms with E-state index in [1.807, 2.05) is 30.3 Å². The number of alkyl halides is 3. The third-order valence-corrected chi connectivity index (χ3v) is 7.96. The van der Waals surface area contributed by atoms with Gasteiger partial charge in [-0.1, -0.05) is 48.5 Å². The van der Waals surface area contributed by atoms with Crippen molar-refractivity contribution in [3.8, 4) is 17.2 Å². The van der Waals surface area contributed by atoms with Crippen LogP contribution in [0.3, 0.4) is 0 Å². The summed E-state index contributed by atoms with van der Waals surface area (Å²) < 4.78 is 42.9. The summed E-state index contributed by atoms with van der Waals surface area (Å²) in [6, 6.07) is 14.3. The lowest BCUT2D eigenvalue weighted by molar-refractivity contribution is -0.125. The molecule has 3 fully saturated rings. The lowest BCUT2D eigenvalue weighted by Crippen LogP contribution is -2.52. The molecule has 0 heterocycles. The normalized spacial score (nSPS) is 22.6. The Balaban J connectivity index is 1.25. The molecule has 2 aromatic rings. The second-order valence-corrected chi connectivity index (χ2v) is 12.1. The molecule has 40 heavy (non-hydrogen) atoms. The molecule has 212 valence electrons. The van der Waals surface area contributed by atoms with E-state index in [2.05, 4.69) is 16.0 Å². The molecule has 4 atom stereocenters. The topological polar surface area (TPSA) is 94.0 Å². The molecule has 9 heteroatoms. The quantitative estimate of drug-likeness (QED) is 0.333. The maximum absolute atomic E-state index is 14.5. The molecule has 0 radical (unpaired) electrons. The van der Waals surface area contributed by atoms with Crippen LogP contribution >= 0.6 is 0 Å². The molecule has 0 spiro atoms. The van der Waals surface area contributed by atoms with Gasteiger partial charge in [0.25, 0.3) is 6.43 Å². The minimum absolute atomic E-state index is 0.0353. The molecular weight excluding hydrogens is 517 g/mol. The Labute approximate surface area is 232 Å². The summed E-state index contributed by atoms with van der Waals surface area (Å²) in [5.41, 5.74) is 0.364. The standard InChI is InChI=1S/C31H35F3N4O2/c1-30(2,34)16-25(29(40)38-31(17-35)13-14-31)37-26(27(32)33)21-9-5-19(6-10-21)18-3-7-20(8-4-18)23-15-24(23)28(39)36-22-11-12-22/h3-10,22-27,37H,11-16H2,1-2H3,(H,36,39)(H,38,40)/t23-,24+,25-,26-/m0/s1. The van der Waals surface area contributed by atoms with Gasteiger partial charge in [-0.3, -0.25) is 14.9 Å². The highest BCUT2D eigenvalue weighted by molar-refractivity contribution is 5.84. The molecule has 0 saturated heterocycles. The molecule has 3 N–H and O–H groups in total. The first-order valence-electron chi connectivity index (χ1n) is 13.9. The summed E-state index contributed by atoms with van der Waals surface area (Å²) in [4.78, 5) is 25.2.